The van der Waals surface area contributed by atoms with E-state index in [1.807, 2.05) is 25.1 Å². The topological polar surface area (TPSA) is 58.2 Å². The minimum atomic E-state index is -3.40. The fraction of sp³-hybridized carbons (Fsp3) is 0.429. The van der Waals surface area contributed by atoms with Crippen molar-refractivity contribution in [1.82, 2.24) is 4.72 Å². The zero-order valence-corrected chi connectivity index (χ0v) is 12.0. The van der Waals surface area contributed by atoms with E-state index in [4.69, 9.17) is 0 Å². The van der Waals surface area contributed by atoms with Gasteiger partial charge < -0.3 is 5.32 Å². The largest absolute Gasteiger partial charge is 0.385 e. The van der Waals surface area contributed by atoms with Gasteiger partial charge in [-0.05, 0) is 43.9 Å². The van der Waals surface area contributed by atoms with Crippen LogP contribution in [0.25, 0.3) is 0 Å². The molecule has 0 fully saturated rings. The first-order valence-corrected chi connectivity index (χ1v) is 8.09. The van der Waals surface area contributed by atoms with E-state index in [9.17, 15) is 8.42 Å². The van der Waals surface area contributed by atoms with E-state index in [2.05, 4.69) is 10.0 Å². The lowest BCUT2D eigenvalue weighted by Gasteiger charge is -2.18. The summed E-state index contributed by atoms with van der Waals surface area (Å²) in [6.07, 6.45) is 6.67. The minimum Gasteiger partial charge on any atom is -0.385 e. The highest BCUT2D eigenvalue weighted by molar-refractivity contribution is 7.89. The van der Waals surface area contributed by atoms with Gasteiger partial charge in [-0.15, -0.1) is 0 Å². The second-order valence-electron chi connectivity index (χ2n) is 4.60. The second-order valence-corrected chi connectivity index (χ2v) is 6.37. The highest BCUT2D eigenvalue weighted by Gasteiger charge is 2.16. The molecule has 2 rings (SSSR count). The molecule has 1 heterocycles. The maximum atomic E-state index is 12.1. The molecule has 104 valence electrons. The molecule has 1 aromatic carbocycles. The molecule has 0 saturated carbocycles. The number of hydrogen-bond acceptors (Lipinski definition) is 3. The van der Waals surface area contributed by atoms with Crippen molar-refractivity contribution in [2.75, 3.05) is 18.4 Å². The number of benzene rings is 1. The molecule has 4 nitrogen and oxygen atoms in total. The van der Waals surface area contributed by atoms with Gasteiger partial charge in [0.1, 0.15) is 0 Å². The highest BCUT2D eigenvalue weighted by Crippen LogP contribution is 2.24. The monoisotopic (exact) mass is 280 g/mol. The molecule has 0 amide bonds. The molecule has 0 aliphatic carbocycles. The van der Waals surface area contributed by atoms with E-state index in [0.29, 0.717) is 17.9 Å². The Morgan fingerprint density at radius 2 is 2.26 bits per heavy atom. The van der Waals surface area contributed by atoms with Crippen LogP contribution in [0.5, 0.6) is 0 Å². The first-order chi connectivity index (χ1) is 9.13. The standard InChI is InChI=1S/C14H20N2O2S/c1-2-3-4-10-16-19(17,18)13-8-7-12-6-5-9-15-14(12)11-13/h2-3,7-8,11,15-16H,4-6,9-10H2,1H3/b3-2+. The molecule has 5 heteroatoms. The summed E-state index contributed by atoms with van der Waals surface area (Å²) in [4.78, 5) is 0.334. The lowest BCUT2D eigenvalue weighted by atomic mass is 10.0. The van der Waals surface area contributed by atoms with Crippen molar-refractivity contribution >= 4 is 15.7 Å². The fourth-order valence-corrected chi connectivity index (χ4v) is 3.21. The molecule has 0 bridgehead atoms. The molecular formula is C14H20N2O2S. The average molecular weight is 280 g/mol. The van der Waals surface area contributed by atoms with Crippen LogP contribution in [0.2, 0.25) is 0 Å². The Labute approximate surface area is 115 Å². The zero-order chi connectivity index (χ0) is 13.7. The van der Waals surface area contributed by atoms with Gasteiger partial charge in [-0.1, -0.05) is 18.2 Å². The van der Waals surface area contributed by atoms with Gasteiger partial charge in [0.25, 0.3) is 0 Å². The summed E-state index contributed by atoms with van der Waals surface area (Å²) < 4.78 is 26.8. The fourth-order valence-electron chi connectivity index (χ4n) is 2.13. The van der Waals surface area contributed by atoms with Crippen LogP contribution in [-0.4, -0.2) is 21.5 Å². The number of sulfonamides is 1. The Hall–Kier alpha value is -1.33. The maximum Gasteiger partial charge on any atom is 0.240 e. The smallest absolute Gasteiger partial charge is 0.240 e. The molecule has 0 unspecified atom stereocenters. The summed E-state index contributed by atoms with van der Waals surface area (Å²) in [6.45, 7) is 3.26. The Kier molecular flexibility index (Phi) is 4.61. The van der Waals surface area contributed by atoms with E-state index < -0.39 is 10.0 Å². The Balaban J connectivity index is 2.11. The van der Waals surface area contributed by atoms with Crippen molar-refractivity contribution < 1.29 is 8.42 Å². The number of nitrogens with one attached hydrogen (secondary N) is 2. The molecular weight excluding hydrogens is 260 g/mol. The van der Waals surface area contributed by atoms with Gasteiger partial charge in [0.15, 0.2) is 0 Å². The quantitative estimate of drug-likeness (QED) is 0.642. The molecule has 1 aliphatic rings. The third-order valence-electron chi connectivity index (χ3n) is 3.17. The number of anilines is 1. The maximum absolute atomic E-state index is 12.1. The summed E-state index contributed by atoms with van der Waals surface area (Å²) in [5, 5.41) is 3.25. The van der Waals surface area contributed by atoms with E-state index in [0.717, 1.165) is 25.1 Å². The van der Waals surface area contributed by atoms with Crippen LogP contribution in [0.1, 0.15) is 25.3 Å². The Bertz CT molecular complexity index is 565. The zero-order valence-electron chi connectivity index (χ0n) is 11.1. The lowest BCUT2D eigenvalue weighted by molar-refractivity contribution is 0.582. The SMILES string of the molecule is C/C=C/CCNS(=O)(=O)c1ccc2c(c1)NCCC2. The highest BCUT2D eigenvalue weighted by atomic mass is 32.2. The van der Waals surface area contributed by atoms with E-state index in [1.54, 1.807) is 12.1 Å². The molecule has 0 aromatic heterocycles. The number of hydrogen-bond donors (Lipinski definition) is 2. The first-order valence-electron chi connectivity index (χ1n) is 6.61. The average Bonchev–Trinajstić information content (AvgIpc) is 2.43. The number of fused-ring (bicyclic) bond motifs is 1. The van der Waals surface area contributed by atoms with E-state index >= 15 is 0 Å². The van der Waals surface area contributed by atoms with Crippen molar-refractivity contribution in [2.24, 2.45) is 0 Å². The lowest BCUT2D eigenvalue weighted by Crippen LogP contribution is -2.25. The third-order valence-corrected chi connectivity index (χ3v) is 4.63. The Morgan fingerprint density at radius 3 is 3.05 bits per heavy atom. The van der Waals surface area contributed by atoms with Gasteiger partial charge >= 0.3 is 0 Å². The molecule has 1 aromatic rings. The summed E-state index contributed by atoms with van der Waals surface area (Å²) in [6, 6.07) is 5.32. The number of allylic oxidation sites excluding steroid dienone is 1. The van der Waals surface area contributed by atoms with E-state index in [1.165, 1.54) is 5.56 Å². The van der Waals surface area contributed by atoms with Crippen molar-refractivity contribution in [2.45, 2.75) is 31.1 Å². The second kappa shape index (κ2) is 6.21. The minimum absolute atomic E-state index is 0.334. The number of aryl methyl sites for hydroxylation is 1. The molecule has 0 atom stereocenters. The molecule has 19 heavy (non-hydrogen) atoms. The van der Waals surface area contributed by atoms with Gasteiger partial charge in [0, 0.05) is 18.8 Å². The van der Waals surface area contributed by atoms with Gasteiger partial charge in [0.05, 0.1) is 4.90 Å². The predicted octanol–water partition coefficient (Wildman–Crippen LogP) is 2.29. The molecule has 1 aliphatic heterocycles. The first kappa shape index (κ1) is 14.1. The normalized spacial score (nSPS) is 15.2. The van der Waals surface area contributed by atoms with Crippen LogP contribution in [-0.2, 0) is 16.4 Å². The summed E-state index contributed by atoms with van der Waals surface area (Å²) >= 11 is 0. The van der Waals surface area contributed by atoms with Crippen LogP contribution < -0.4 is 10.0 Å². The molecule has 0 spiro atoms. The summed E-state index contributed by atoms with van der Waals surface area (Å²) in [7, 11) is -3.40. The van der Waals surface area contributed by atoms with Crippen molar-refractivity contribution in [1.29, 1.82) is 0 Å². The van der Waals surface area contributed by atoms with Gasteiger partial charge in [-0.3, -0.25) is 0 Å². The third kappa shape index (κ3) is 3.58. The van der Waals surface area contributed by atoms with Crippen molar-refractivity contribution in [3.63, 3.8) is 0 Å². The van der Waals surface area contributed by atoms with Crippen LogP contribution >= 0.6 is 0 Å². The summed E-state index contributed by atoms with van der Waals surface area (Å²) in [5.41, 5.74) is 2.14. The van der Waals surface area contributed by atoms with Crippen molar-refractivity contribution in [3.05, 3.63) is 35.9 Å². The molecule has 0 saturated heterocycles. The van der Waals surface area contributed by atoms with Crippen LogP contribution in [0, 0.1) is 0 Å². The van der Waals surface area contributed by atoms with Gasteiger partial charge in [-0.2, -0.15) is 0 Å². The number of rotatable bonds is 5. The summed E-state index contributed by atoms with van der Waals surface area (Å²) in [5.74, 6) is 0. The van der Waals surface area contributed by atoms with Crippen molar-refractivity contribution in [3.8, 4) is 0 Å². The van der Waals surface area contributed by atoms with Crippen LogP contribution in [0.15, 0.2) is 35.2 Å². The molecule has 0 radical (unpaired) electrons. The van der Waals surface area contributed by atoms with Crippen LogP contribution in [0.3, 0.4) is 0 Å². The van der Waals surface area contributed by atoms with Gasteiger partial charge in [0.2, 0.25) is 10.0 Å². The van der Waals surface area contributed by atoms with E-state index in [-0.39, 0.29) is 0 Å². The predicted molar refractivity (Wildman–Crippen MR) is 77.9 cm³/mol. The molecule has 2 N–H and O–H groups in total. The van der Waals surface area contributed by atoms with Crippen LogP contribution in [0.4, 0.5) is 5.69 Å². The Morgan fingerprint density at radius 1 is 1.42 bits per heavy atom. The van der Waals surface area contributed by atoms with Gasteiger partial charge in [-0.25, -0.2) is 13.1 Å².